The summed E-state index contributed by atoms with van der Waals surface area (Å²) in [6, 6.07) is 0.201. The van der Waals surface area contributed by atoms with Crippen LogP contribution in [0.2, 0.25) is 0 Å². The van der Waals surface area contributed by atoms with Crippen molar-refractivity contribution in [3.05, 3.63) is 0 Å². The average molecular weight is 282 g/mol. The van der Waals surface area contributed by atoms with Crippen LogP contribution in [0.25, 0.3) is 0 Å². The van der Waals surface area contributed by atoms with Crippen molar-refractivity contribution in [2.75, 3.05) is 13.1 Å². The lowest BCUT2D eigenvalue weighted by Crippen LogP contribution is -2.49. The summed E-state index contributed by atoms with van der Waals surface area (Å²) in [7, 11) is 0. The Morgan fingerprint density at radius 3 is 2.25 bits per heavy atom. The molecular formula is C15H26N2O3. The van der Waals surface area contributed by atoms with Crippen LogP contribution < -0.4 is 5.32 Å². The van der Waals surface area contributed by atoms with Gasteiger partial charge in [-0.25, -0.2) is 4.79 Å². The molecule has 114 valence electrons. The van der Waals surface area contributed by atoms with E-state index in [9.17, 15) is 9.59 Å². The molecule has 1 saturated heterocycles. The second-order valence-corrected chi connectivity index (χ2v) is 6.24. The number of carboxylic acids is 1. The van der Waals surface area contributed by atoms with Gasteiger partial charge in [-0.15, -0.1) is 0 Å². The molecule has 0 aromatic heterocycles. The first kappa shape index (κ1) is 15.1. The van der Waals surface area contributed by atoms with E-state index in [2.05, 4.69) is 12.2 Å². The minimum atomic E-state index is -0.736. The molecule has 2 aliphatic rings. The number of amides is 2. The summed E-state index contributed by atoms with van der Waals surface area (Å²) in [6.07, 6.45) is 7.43. The van der Waals surface area contributed by atoms with Crippen LogP contribution in [0.4, 0.5) is 4.79 Å². The fourth-order valence-electron chi connectivity index (χ4n) is 3.37. The monoisotopic (exact) mass is 282 g/mol. The predicted molar refractivity (Wildman–Crippen MR) is 76.5 cm³/mol. The fraction of sp³-hybridized carbons (Fsp3) is 0.867. The van der Waals surface area contributed by atoms with E-state index in [1.54, 1.807) is 4.90 Å². The van der Waals surface area contributed by atoms with Gasteiger partial charge in [0, 0.05) is 19.1 Å². The lowest BCUT2D eigenvalue weighted by atomic mass is 9.84. The number of hydrogen-bond acceptors (Lipinski definition) is 2. The molecule has 2 rings (SSSR count). The molecular weight excluding hydrogens is 256 g/mol. The zero-order valence-electron chi connectivity index (χ0n) is 12.3. The third kappa shape index (κ3) is 3.87. The van der Waals surface area contributed by atoms with E-state index < -0.39 is 5.97 Å². The van der Waals surface area contributed by atoms with Crippen molar-refractivity contribution in [2.45, 2.75) is 57.9 Å². The zero-order chi connectivity index (χ0) is 14.5. The van der Waals surface area contributed by atoms with Gasteiger partial charge >= 0.3 is 12.0 Å². The first-order chi connectivity index (χ1) is 9.58. The van der Waals surface area contributed by atoms with E-state index in [4.69, 9.17) is 5.11 Å². The smallest absolute Gasteiger partial charge is 0.317 e. The Balaban J connectivity index is 1.76. The van der Waals surface area contributed by atoms with Crippen LogP contribution in [0.5, 0.6) is 0 Å². The van der Waals surface area contributed by atoms with Crippen molar-refractivity contribution >= 4 is 12.0 Å². The molecule has 1 heterocycles. The highest BCUT2D eigenvalue weighted by Crippen LogP contribution is 2.26. The molecule has 2 amide bonds. The van der Waals surface area contributed by atoms with E-state index in [1.165, 1.54) is 32.1 Å². The van der Waals surface area contributed by atoms with E-state index >= 15 is 0 Å². The minimum Gasteiger partial charge on any atom is -0.481 e. The standard InChI is InChI=1S/C15H26N2O3/c1-11(12-5-3-2-4-6-12)16-15(20)17-9-7-13(8-10-17)14(18)19/h11-13H,2-10H2,1H3,(H,16,20)(H,18,19). The normalized spacial score (nSPS) is 23.4. The molecule has 0 radical (unpaired) electrons. The van der Waals surface area contributed by atoms with Gasteiger partial charge < -0.3 is 15.3 Å². The van der Waals surface area contributed by atoms with E-state index in [0.717, 1.165) is 0 Å². The molecule has 2 N–H and O–H groups in total. The summed E-state index contributed by atoms with van der Waals surface area (Å²) in [5.74, 6) is -0.417. The first-order valence-corrected chi connectivity index (χ1v) is 7.86. The summed E-state index contributed by atoms with van der Waals surface area (Å²) in [5.41, 5.74) is 0. The molecule has 0 spiro atoms. The summed E-state index contributed by atoms with van der Waals surface area (Å²) in [6.45, 7) is 3.21. The number of likely N-dealkylation sites (tertiary alicyclic amines) is 1. The van der Waals surface area contributed by atoms with Crippen LogP contribution in [0.3, 0.4) is 0 Å². The number of carbonyl (C=O) groups excluding carboxylic acids is 1. The molecule has 1 saturated carbocycles. The topological polar surface area (TPSA) is 69.6 Å². The van der Waals surface area contributed by atoms with Crippen molar-refractivity contribution in [2.24, 2.45) is 11.8 Å². The quantitative estimate of drug-likeness (QED) is 0.835. The maximum atomic E-state index is 12.2. The number of hydrogen-bond donors (Lipinski definition) is 2. The van der Waals surface area contributed by atoms with Crippen LogP contribution in [0, 0.1) is 11.8 Å². The van der Waals surface area contributed by atoms with Gasteiger partial charge in [0.2, 0.25) is 0 Å². The van der Waals surface area contributed by atoms with Gasteiger partial charge in [-0.2, -0.15) is 0 Å². The van der Waals surface area contributed by atoms with Gasteiger partial charge in [0.25, 0.3) is 0 Å². The molecule has 0 bridgehead atoms. The van der Waals surface area contributed by atoms with Gasteiger partial charge in [0.1, 0.15) is 0 Å². The number of carboxylic acid groups (broad SMARTS) is 1. The highest BCUT2D eigenvalue weighted by Gasteiger charge is 2.28. The zero-order valence-corrected chi connectivity index (χ0v) is 12.3. The lowest BCUT2D eigenvalue weighted by molar-refractivity contribution is -0.143. The Bertz CT molecular complexity index is 345. The molecule has 1 aliphatic heterocycles. The van der Waals surface area contributed by atoms with Crippen molar-refractivity contribution in [1.82, 2.24) is 10.2 Å². The summed E-state index contributed by atoms with van der Waals surface area (Å²) >= 11 is 0. The number of piperidine rings is 1. The first-order valence-electron chi connectivity index (χ1n) is 7.86. The van der Waals surface area contributed by atoms with Crippen molar-refractivity contribution in [1.29, 1.82) is 0 Å². The Morgan fingerprint density at radius 2 is 1.70 bits per heavy atom. The predicted octanol–water partition coefficient (Wildman–Crippen LogP) is 2.46. The Morgan fingerprint density at radius 1 is 1.10 bits per heavy atom. The number of aliphatic carboxylic acids is 1. The largest absolute Gasteiger partial charge is 0.481 e. The van der Waals surface area contributed by atoms with E-state index in [0.29, 0.717) is 31.8 Å². The molecule has 0 aromatic rings. The molecule has 5 nitrogen and oxygen atoms in total. The number of carbonyl (C=O) groups is 2. The lowest BCUT2D eigenvalue weighted by Gasteiger charge is -2.33. The van der Waals surface area contributed by atoms with Crippen LogP contribution >= 0.6 is 0 Å². The van der Waals surface area contributed by atoms with Gasteiger partial charge in [-0.3, -0.25) is 4.79 Å². The Labute approximate surface area is 120 Å². The van der Waals surface area contributed by atoms with Crippen molar-refractivity contribution in [3.63, 3.8) is 0 Å². The Kier molecular flexibility index (Phi) is 5.26. The Hall–Kier alpha value is -1.26. The summed E-state index contributed by atoms with van der Waals surface area (Å²) in [4.78, 5) is 24.9. The molecule has 1 atom stereocenters. The second kappa shape index (κ2) is 6.95. The third-order valence-electron chi connectivity index (χ3n) is 4.84. The van der Waals surface area contributed by atoms with Crippen molar-refractivity contribution in [3.8, 4) is 0 Å². The fourth-order valence-corrected chi connectivity index (χ4v) is 3.37. The van der Waals surface area contributed by atoms with E-state index in [1.807, 2.05) is 0 Å². The maximum Gasteiger partial charge on any atom is 0.317 e. The number of rotatable bonds is 3. The highest BCUT2D eigenvalue weighted by atomic mass is 16.4. The van der Waals surface area contributed by atoms with Crippen LogP contribution in [0.15, 0.2) is 0 Å². The number of nitrogens with zero attached hydrogens (tertiary/aromatic N) is 1. The molecule has 0 aromatic carbocycles. The molecule has 20 heavy (non-hydrogen) atoms. The highest BCUT2D eigenvalue weighted by molar-refractivity contribution is 5.75. The minimum absolute atomic E-state index is 0.0214. The number of urea groups is 1. The molecule has 2 fully saturated rings. The number of nitrogens with one attached hydrogen (secondary N) is 1. The molecule has 1 unspecified atom stereocenters. The average Bonchev–Trinajstić information content (AvgIpc) is 2.48. The second-order valence-electron chi connectivity index (χ2n) is 6.24. The summed E-state index contributed by atoms with van der Waals surface area (Å²) < 4.78 is 0. The maximum absolute atomic E-state index is 12.2. The van der Waals surface area contributed by atoms with Crippen LogP contribution in [-0.4, -0.2) is 41.1 Å². The van der Waals surface area contributed by atoms with Gasteiger partial charge in [-0.05, 0) is 38.5 Å². The van der Waals surface area contributed by atoms with Gasteiger partial charge in [0.05, 0.1) is 5.92 Å². The third-order valence-corrected chi connectivity index (χ3v) is 4.84. The SMILES string of the molecule is CC(NC(=O)N1CCC(C(=O)O)CC1)C1CCCCC1. The van der Waals surface area contributed by atoms with Gasteiger partial charge in [0.15, 0.2) is 0 Å². The van der Waals surface area contributed by atoms with E-state index in [-0.39, 0.29) is 18.0 Å². The molecule has 5 heteroatoms. The van der Waals surface area contributed by atoms with Crippen LogP contribution in [-0.2, 0) is 4.79 Å². The van der Waals surface area contributed by atoms with Gasteiger partial charge in [-0.1, -0.05) is 19.3 Å². The van der Waals surface area contributed by atoms with Crippen LogP contribution in [0.1, 0.15) is 51.9 Å². The van der Waals surface area contributed by atoms with Crippen molar-refractivity contribution < 1.29 is 14.7 Å². The summed E-state index contributed by atoms with van der Waals surface area (Å²) in [5, 5.41) is 12.1. The molecule has 1 aliphatic carbocycles.